The van der Waals surface area contributed by atoms with Crippen LogP contribution in [0.4, 0.5) is 5.69 Å². The van der Waals surface area contributed by atoms with E-state index >= 15 is 0 Å². The van der Waals surface area contributed by atoms with Crippen molar-refractivity contribution >= 4 is 39.4 Å². The highest BCUT2D eigenvalue weighted by atomic mass is 79.9. The number of ether oxygens (including phenoxy) is 1. The Balaban J connectivity index is 1.56. The third-order valence-electron chi connectivity index (χ3n) is 4.48. The number of methoxy groups -OCH3 is 1. The molecule has 0 spiro atoms. The highest BCUT2D eigenvalue weighted by Gasteiger charge is 2.34. The van der Waals surface area contributed by atoms with Crippen LogP contribution in [0.2, 0.25) is 0 Å². The quantitative estimate of drug-likeness (QED) is 0.739. The van der Waals surface area contributed by atoms with Gasteiger partial charge < -0.3 is 15.0 Å². The van der Waals surface area contributed by atoms with Gasteiger partial charge in [-0.3, -0.25) is 9.59 Å². The number of rotatable bonds is 5. The minimum absolute atomic E-state index is 0.0556. The Bertz CT molecular complexity index is 849. The third kappa shape index (κ3) is 4.54. The molecule has 7 heteroatoms. The predicted molar refractivity (Wildman–Crippen MR) is 104 cm³/mol. The molecule has 2 aromatic carbocycles. The summed E-state index contributed by atoms with van der Waals surface area (Å²) in [5.41, 5.74) is 2.11. The molecule has 1 heterocycles. The zero-order valence-corrected chi connectivity index (χ0v) is 16.4. The van der Waals surface area contributed by atoms with E-state index in [9.17, 15) is 14.4 Å². The molecule has 0 bridgehead atoms. The van der Waals surface area contributed by atoms with Gasteiger partial charge in [-0.05, 0) is 42.0 Å². The monoisotopic (exact) mass is 430 g/mol. The fourth-order valence-electron chi connectivity index (χ4n) is 2.96. The van der Waals surface area contributed by atoms with E-state index in [-0.39, 0.29) is 24.2 Å². The van der Waals surface area contributed by atoms with Crippen molar-refractivity contribution in [3.05, 3.63) is 64.1 Å². The molecule has 1 unspecified atom stereocenters. The summed E-state index contributed by atoms with van der Waals surface area (Å²) in [6.45, 7) is 0.705. The van der Waals surface area contributed by atoms with E-state index in [1.165, 1.54) is 7.11 Å². The molecule has 0 aliphatic carbocycles. The van der Waals surface area contributed by atoms with Gasteiger partial charge in [-0.1, -0.05) is 28.1 Å². The van der Waals surface area contributed by atoms with Crippen LogP contribution in [0, 0.1) is 5.92 Å². The second-order valence-electron chi connectivity index (χ2n) is 6.29. The lowest BCUT2D eigenvalue weighted by Crippen LogP contribution is -2.32. The minimum Gasteiger partial charge on any atom is -0.465 e. The molecule has 1 saturated heterocycles. The standard InChI is InChI=1S/C20H19BrN2O4/c1-27-20(26)14-4-2-13(3-5-14)11-22-19(25)15-10-18(24)23(12-15)17-8-6-16(21)7-9-17/h2-9,15H,10-12H2,1H3,(H,22,25). The summed E-state index contributed by atoms with van der Waals surface area (Å²) in [7, 11) is 1.33. The van der Waals surface area contributed by atoms with Crippen molar-refractivity contribution in [2.75, 3.05) is 18.6 Å². The lowest BCUT2D eigenvalue weighted by molar-refractivity contribution is -0.126. The lowest BCUT2D eigenvalue weighted by atomic mass is 10.1. The number of nitrogens with zero attached hydrogens (tertiary/aromatic N) is 1. The number of carbonyl (C=O) groups excluding carboxylic acids is 3. The van der Waals surface area contributed by atoms with Gasteiger partial charge in [-0.2, -0.15) is 0 Å². The van der Waals surface area contributed by atoms with Gasteiger partial charge in [0.25, 0.3) is 0 Å². The van der Waals surface area contributed by atoms with Gasteiger partial charge in [-0.25, -0.2) is 4.79 Å². The van der Waals surface area contributed by atoms with E-state index in [0.717, 1.165) is 15.7 Å². The van der Waals surface area contributed by atoms with Gasteiger partial charge in [0, 0.05) is 29.7 Å². The molecular weight excluding hydrogens is 412 g/mol. The second kappa shape index (κ2) is 8.35. The summed E-state index contributed by atoms with van der Waals surface area (Å²) in [4.78, 5) is 37.8. The maximum absolute atomic E-state index is 12.4. The second-order valence-corrected chi connectivity index (χ2v) is 7.20. The highest BCUT2D eigenvalue weighted by Crippen LogP contribution is 2.26. The molecule has 27 heavy (non-hydrogen) atoms. The van der Waals surface area contributed by atoms with Crippen LogP contribution in [0.5, 0.6) is 0 Å². The zero-order chi connectivity index (χ0) is 19.4. The summed E-state index contributed by atoms with van der Waals surface area (Å²) >= 11 is 3.37. The van der Waals surface area contributed by atoms with E-state index < -0.39 is 5.97 Å². The summed E-state index contributed by atoms with van der Waals surface area (Å²) in [5.74, 6) is -0.988. The first-order valence-corrected chi connectivity index (χ1v) is 9.28. The Hall–Kier alpha value is -2.67. The molecule has 1 atom stereocenters. The van der Waals surface area contributed by atoms with Crippen LogP contribution in [0.25, 0.3) is 0 Å². The van der Waals surface area contributed by atoms with Crippen LogP contribution < -0.4 is 10.2 Å². The summed E-state index contributed by atoms with van der Waals surface area (Å²) in [5, 5.41) is 2.86. The van der Waals surface area contributed by atoms with Crippen LogP contribution in [0.3, 0.4) is 0 Å². The van der Waals surface area contributed by atoms with Gasteiger partial charge in [-0.15, -0.1) is 0 Å². The maximum Gasteiger partial charge on any atom is 0.337 e. The van der Waals surface area contributed by atoms with Gasteiger partial charge >= 0.3 is 5.97 Å². The molecule has 140 valence electrons. The normalized spacial score (nSPS) is 16.3. The smallest absolute Gasteiger partial charge is 0.337 e. The number of esters is 1. The van der Waals surface area contributed by atoms with Crippen molar-refractivity contribution < 1.29 is 19.1 Å². The fourth-order valence-corrected chi connectivity index (χ4v) is 3.23. The average Bonchev–Trinajstić information content (AvgIpc) is 3.08. The Morgan fingerprint density at radius 2 is 1.81 bits per heavy atom. The maximum atomic E-state index is 12.4. The van der Waals surface area contributed by atoms with Crippen molar-refractivity contribution in [1.29, 1.82) is 0 Å². The number of carbonyl (C=O) groups is 3. The number of benzene rings is 2. The first kappa shape index (κ1) is 19.1. The van der Waals surface area contributed by atoms with Crippen LogP contribution in [-0.4, -0.2) is 31.4 Å². The van der Waals surface area contributed by atoms with Gasteiger partial charge in [0.1, 0.15) is 0 Å². The molecule has 1 fully saturated rings. The third-order valence-corrected chi connectivity index (χ3v) is 5.00. The topological polar surface area (TPSA) is 75.7 Å². The zero-order valence-electron chi connectivity index (χ0n) is 14.8. The van der Waals surface area contributed by atoms with Crippen LogP contribution in [0.15, 0.2) is 53.0 Å². The Kier molecular flexibility index (Phi) is 5.91. The van der Waals surface area contributed by atoms with Gasteiger partial charge in [0.15, 0.2) is 0 Å². The van der Waals surface area contributed by atoms with Crippen molar-refractivity contribution in [1.82, 2.24) is 5.32 Å². The van der Waals surface area contributed by atoms with E-state index in [0.29, 0.717) is 18.7 Å². The van der Waals surface area contributed by atoms with Crippen molar-refractivity contribution in [3.8, 4) is 0 Å². The summed E-state index contributed by atoms with van der Waals surface area (Å²) in [6.07, 6.45) is 0.198. The number of hydrogen-bond acceptors (Lipinski definition) is 4. The minimum atomic E-state index is -0.400. The Labute approximate surface area is 165 Å². The molecule has 3 rings (SSSR count). The molecule has 6 nitrogen and oxygen atoms in total. The molecule has 0 aromatic heterocycles. The number of halogens is 1. The Morgan fingerprint density at radius 3 is 2.44 bits per heavy atom. The van der Waals surface area contributed by atoms with E-state index in [1.54, 1.807) is 29.2 Å². The van der Waals surface area contributed by atoms with Crippen LogP contribution in [0.1, 0.15) is 22.3 Å². The predicted octanol–water partition coefficient (Wildman–Crippen LogP) is 2.91. The van der Waals surface area contributed by atoms with Crippen LogP contribution >= 0.6 is 15.9 Å². The number of hydrogen-bond donors (Lipinski definition) is 1. The lowest BCUT2D eigenvalue weighted by Gasteiger charge is -2.16. The molecule has 0 radical (unpaired) electrons. The molecule has 1 aliphatic heterocycles. The first-order valence-electron chi connectivity index (χ1n) is 8.49. The molecule has 2 aromatic rings. The van der Waals surface area contributed by atoms with E-state index in [2.05, 4.69) is 26.0 Å². The Morgan fingerprint density at radius 1 is 1.15 bits per heavy atom. The number of amides is 2. The van der Waals surface area contributed by atoms with Crippen LogP contribution in [-0.2, 0) is 20.9 Å². The SMILES string of the molecule is COC(=O)c1ccc(CNC(=O)C2CC(=O)N(c3ccc(Br)cc3)C2)cc1. The summed E-state index contributed by atoms with van der Waals surface area (Å²) < 4.78 is 5.59. The molecule has 1 aliphatic rings. The van der Waals surface area contributed by atoms with Gasteiger partial charge in [0.05, 0.1) is 18.6 Å². The van der Waals surface area contributed by atoms with Crippen molar-refractivity contribution in [3.63, 3.8) is 0 Å². The van der Waals surface area contributed by atoms with Crippen molar-refractivity contribution in [2.45, 2.75) is 13.0 Å². The molecule has 2 amide bonds. The van der Waals surface area contributed by atoms with Gasteiger partial charge in [0.2, 0.25) is 11.8 Å². The number of anilines is 1. The first-order chi connectivity index (χ1) is 13.0. The number of nitrogens with one attached hydrogen (secondary N) is 1. The highest BCUT2D eigenvalue weighted by molar-refractivity contribution is 9.10. The van der Waals surface area contributed by atoms with E-state index in [1.807, 2.05) is 24.3 Å². The van der Waals surface area contributed by atoms with Crippen molar-refractivity contribution in [2.24, 2.45) is 5.92 Å². The molecule has 0 saturated carbocycles. The molecular formula is C20H19BrN2O4. The summed E-state index contributed by atoms with van der Waals surface area (Å²) in [6, 6.07) is 14.3. The largest absolute Gasteiger partial charge is 0.465 e. The van der Waals surface area contributed by atoms with E-state index in [4.69, 9.17) is 0 Å². The average molecular weight is 431 g/mol. The fraction of sp³-hybridized carbons (Fsp3) is 0.250. The molecule has 1 N–H and O–H groups in total.